The summed E-state index contributed by atoms with van der Waals surface area (Å²) in [5.41, 5.74) is -1.90. The van der Waals surface area contributed by atoms with Crippen LogP contribution in [0.3, 0.4) is 0 Å². The number of carbonyl (C=O) groups is 3. The highest BCUT2D eigenvalue weighted by atomic mass is 16.6. The lowest BCUT2D eigenvalue weighted by atomic mass is 10.1. The van der Waals surface area contributed by atoms with Crippen molar-refractivity contribution >= 4 is 18.2 Å². The number of rotatable bonds is 4. The summed E-state index contributed by atoms with van der Waals surface area (Å²) < 4.78 is 27.3. The van der Waals surface area contributed by atoms with Crippen LogP contribution >= 0.6 is 0 Å². The van der Waals surface area contributed by atoms with Gasteiger partial charge >= 0.3 is 18.2 Å². The predicted octanol–water partition coefficient (Wildman–Crippen LogP) is 3.33. The largest absolute Gasteiger partial charge is 0.484 e. The molecule has 1 saturated heterocycles. The Hall–Kier alpha value is -2.59. The summed E-state index contributed by atoms with van der Waals surface area (Å²) in [6.07, 6.45) is -2.20. The van der Waals surface area contributed by atoms with Crippen LogP contribution in [0.15, 0.2) is 24.5 Å². The van der Waals surface area contributed by atoms with E-state index < -0.39 is 60.3 Å². The lowest BCUT2D eigenvalue weighted by Gasteiger charge is -2.32. The van der Waals surface area contributed by atoms with Gasteiger partial charge in [-0.05, 0) is 67.5 Å². The van der Waals surface area contributed by atoms with Crippen molar-refractivity contribution in [3.63, 3.8) is 0 Å². The molecule has 0 saturated carbocycles. The zero-order valence-electron chi connectivity index (χ0n) is 20.7. The molecule has 0 aromatic rings. The fourth-order valence-electron chi connectivity index (χ4n) is 2.80. The molecular weight excluding hydrogens is 434 g/mol. The first-order valence-electron chi connectivity index (χ1n) is 10.8. The summed E-state index contributed by atoms with van der Waals surface area (Å²) >= 11 is 0. The second-order valence-corrected chi connectivity index (χ2v) is 9.57. The Labute approximate surface area is 195 Å². The predicted molar refractivity (Wildman–Crippen MR) is 119 cm³/mol. The van der Waals surface area contributed by atoms with E-state index >= 15 is 0 Å². The van der Waals surface area contributed by atoms with E-state index in [2.05, 4.69) is 6.58 Å². The molecule has 2 amide bonds. The standard InChI is InChI=1S/C23H37NO9/c1-10-15(11-2)31-18-14(3)30-19(26)16(12-29-13-17(18)25)24(20(27)32-22(4,5)6)21(28)33-23(7,8)9/h10-11,14,16-18,25H,1,12-13H2,2-9H3/b15-11+/t14-,16-,17-,18-/m0/s1. The van der Waals surface area contributed by atoms with E-state index in [1.165, 1.54) is 13.0 Å². The minimum atomic E-state index is -1.51. The van der Waals surface area contributed by atoms with Crippen molar-refractivity contribution < 1.29 is 43.2 Å². The van der Waals surface area contributed by atoms with Crippen LogP contribution in [-0.2, 0) is 28.5 Å². The molecule has 10 heteroatoms. The summed E-state index contributed by atoms with van der Waals surface area (Å²) in [5.74, 6) is -0.565. The third-order valence-corrected chi connectivity index (χ3v) is 4.23. The topological polar surface area (TPSA) is 121 Å². The molecule has 10 nitrogen and oxygen atoms in total. The lowest BCUT2D eigenvalue weighted by Crippen LogP contribution is -2.54. The smallest absolute Gasteiger partial charge is 0.420 e. The van der Waals surface area contributed by atoms with Crippen LogP contribution in [0.5, 0.6) is 0 Å². The number of esters is 1. The number of ether oxygens (including phenoxy) is 5. The number of allylic oxidation sites excluding steroid dienone is 2. The van der Waals surface area contributed by atoms with Crippen molar-refractivity contribution in [2.24, 2.45) is 0 Å². The fraction of sp³-hybridized carbons (Fsp3) is 0.696. The van der Waals surface area contributed by atoms with Crippen LogP contribution in [-0.4, -0.2) is 76.9 Å². The van der Waals surface area contributed by atoms with Crippen molar-refractivity contribution in [2.75, 3.05) is 13.2 Å². The third kappa shape index (κ3) is 9.05. The van der Waals surface area contributed by atoms with E-state index in [9.17, 15) is 19.5 Å². The van der Waals surface area contributed by atoms with Crippen molar-refractivity contribution in [1.82, 2.24) is 4.90 Å². The molecule has 0 spiro atoms. The first kappa shape index (κ1) is 28.4. The first-order chi connectivity index (χ1) is 15.1. The zero-order valence-corrected chi connectivity index (χ0v) is 20.7. The highest BCUT2D eigenvalue weighted by Crippen LogP contribution is 2.22. The molecular formula is C23H37NO9. The number of hydrogen-bond donors (Lipinski definition) is 1. The van der Waals surface area contributed by atoms with Gasteiger partial charge in [0, 0.05) is 0 Å². The number of cyclic esters (lactones) is 1. The molecule has 188 valence electrons. The van der Waals surface area contributed by atoms with Gasteiger partial charge in [-0.2, -0.15) is 4.90 Å². The fourth-order valence-corrected chi connectivity index (χ4v) is 2.80. The summed E-state index contributed by atoms with van der Waals surface area (Å²) in [5, 5.41) is 10.5. The van der Waals surface area contributed by atoms with E-state index in [0.717, 1.165) is 0 Å². The lowest BCUT2D eigenvalue weighted by molar-refractivity contribution is -0.163. The minimum absolute atomic E-state index is 0.243. The van der Waals surface area contributed by atoms with E-state index in [0.29, 0.717) is 10.7 Å². The monoisotopic (exact) mass is 471 g/mol. The molecule has 0 aromatic carbocycles. The maximum atomic E-state index is 13.1. The van der Waals surface area contributed by atoms with Crippen LogP contribution < -0.4 is 0 Å². The van der Waals surface area contributed by atoms with Gasteiger partial charge < -0.3 is 28.8 Å². The zero-order chi connectivity index (χ0) is 25.6. The third-order valence-electron chi connectivity index (χ3n) is 4.23. The number of nitrogens with zero attached hydrogens (tertiary/aromatic N) is 1. The molecule has 0 bridgehead atoms. The number of imide groups is 1. The van der Waals surface area contributed by atoms with Gasteiger partial charge in [-0.15, -0.1) is 0 Å². The second-order valence-electron chi connectivity index (χ2n) is 9.57. The number of carbonyl (C=O) groups excluding carboxylic acids is 3. The number of hydrogen-bond acceptors (Lipinski definition) is 9. The van der Waals surface area contributed by atoms with Crippen LogP contribution in [0.25, 0.3) is 0 Å². The summed E-state index contributed by atoms with van der Waals surface area (Å²) in [7, 11) is 0. The molecule has 0 unspecified atom stereocenters. The van der Waals surface area contributed by atoms with Crippen molar-refractivity contribution in [1.29, 1.82) is 0 Å². The van der Waals surface area contributed by atoms with Gasteiger partial charge in [0.2, 0.25) is 0 Å². The van der Waals surface area contributed by atoms with Gasteiger partial charge in [0.1, 0.15) is 29.2 Å². The Kier molecular flexibility index (Phi) is 9.92. The van der Waals surface area contributed by atoms with Gasteiger partial charge in [0.05, 0.1) is 13.2 Å². The van der Waals surface area contributed by atoms with Gasteiger partial charge in [-0.3, -0.25) is 0 Å². The maximum absolute atomic E-state index is 13.1. The molecule has 1 rings (SSSR count). The summed E-state index contributed by atoms with van der Waals surface area (Å²) in [6.45, 7) is 15.9. The Morgan fingerprint density at radius 1 is 1.09 bits per heavy atom. The molecule has 33 heavy (non-hydrogen) atoms. The van der Waals surface area contributed by atoms with Crippen LogP contribution in [0, 0.1) is 0 Å². The Balaban J connectivity index is 3.28. The van der Waals surface area contributed by atoms with Crippen LogP contribution in [0.4, 0.5) is 9.59 Å². The van der Waals surface area contributed by atoms with E-state index in [1.54, 1.807) is 54.5 Å². The Morgan fingerprint density at radius 2 is 1.61 bits per heavy atom. The highest BCUT2D eigenvalue weighted by Gasteiger charge is 2.44. The minimum Gasteiger partial charge on any atom is -0.484 e. The number of aliphatic hydroxyl groups is 1. The maximum Gasteiger partial charge on any atom is 0.420 e. The first-order valence-corrected chi connectivity index (χ1v) is 10.8. The van der Waals surface area contributed by atoms with Gasteiger partial charge in [0.15, 0.2) is 12.1 Å². The number of amides is 2. The molecule has 0 aromatic heterocycles. The molecule has 1 fully saturated rings. The second kappa shape index (κ2) is 11.5. The SMILES string of the molecule is C=C/C(=C\C)O[C@H]1[C@H](C)OC(=O)[C@@H](N(C(=O)OC(C)(C)C)C(=O)OC(C)(C)C)COC[C@@H]1O. The quantitative estimate of drug-likeness (QED) is 0.285. The molecule has 0 aliphatic carbocycles. The van der Waals surface area contributed by atoms with Crippen molar-refractivity contribution in [3.8, 4) is 0 Å². The average molecular weight is 472 g/mol. The van der Waals surface area contributed by atoms with Gasteiger partial charge in [-0.1, -0.05) is 6.58 Å². The molecule has 1 heterocycles. The van der Waals surface area contributed by atoms with Crippen LogP contribution in [0.2, 0.25) is 0 Å². The van der Waals surface area contributed by atoms with Crippen molar-refractivity contribution in [3.05, 3.63) is 24.5 Å². The Morgan fingerprint density at radius 3 is 2.03 bits per heavy atom. The molecule has 1 aliphatic heterocycles. The molecule has 0 radical (unpaired) electrons. The average Bonchev–Trinajstić information content (AvgIpc) is 2.68. The molecule has 4 atom stereocenters. The van der Waals surface area contributed by atoms with E-state index in [-0.39, 0.29) is 6.61 Å². The van der Waals surface area contributed by atoms with E-state index in [4.69, 9.17) is 23.7 Å². The van der Waals surface area contributed by atoms with Gasteiger partial charge in [0.25, 0.3) is 0 Å². The number of aliphatic hydroxyl groups excluding tert-OH is 1. The molecule has 1 N–H and O–H groups in total. The van der Waals surface area contributed by atoms with E-state index in [1.807, 2.05) is 0 Å². The van der Waals surface area contributed by atoms with Crippen molar-refractivity contribution in [2.45, 2.75) is 90.9 Å². The summed E-state index contributed by atoms with van der Waals surface area (Å²) in [4.78, 5) is 39.4. The summed E-state index contributed by atoms with van der Waals surface area (Å²) in [6, 6.07) is -1.51. The van der Waals surface area contributed by atoms with Crippen LogP contribution in [0.1, 0.15) is 55.4 Å². The normalized spacial score (nSPS) is 25.0. The Bertz CT molecular complexity index is 720. The highest BCUT2D eigenvalue weighted by molar-refractivity contribution is 5.94. The molecule has 1 aliphatic rings. The van der Waals surface area contributed by atoms with Gasteiger partial charge in [-0.25, -0.2) is 14.4 Å².